The summed E-state index contributed by atoms with van der Waals surface area (Å²) in [5.74, 6) is 2.02. The van der Waals surface area contributed by atoms with Gasteiger partial charge in [0.1, 0.15) is 5.82 Å². The van der Waals surface area contributed by atoms with Gasteiger partial charge in [0.15, 0.2) is 0 Å². The first kappa shape index (κ1) is 45.8. The Balaban J connectivity index is 0.00000530. The molecule has 6 heteroatoms. The van der Waals surface area contributed by atoms with Crippen molar-refractivity contribution in [3.8, 4) is 73.2 Å². The third-order valence-electron chi connectivity index (χ3n) is 15.4. The molecule has 3 aromatic heterocycles. The Morgan fingerprint density at radius 3 is 1.93 bits per heavy atom. The molecular weight excluding hydrogens is 1060 g/mol. The molecule has 5 nitrogen and oxygen atoms in total. The SMILES string of the molecule is CC(C)(C)c1ccnc(-n2c3[c-]c(Oc4[c-]c(-n5[c-][n+]6c7c(cccc75)-c5cc7c(cc5-c5ccccc5-c5cccc(-c8ccccc8)c5-6)C(C)(C)CCC7(C)C)ccc4)ccc3c3ccccc32)c1.[Pt]. The van der Waals surface area contributed by atoms with Gasteiger partial charge in [-0.3, -0.25) is 4.57 Å². The summed E-state index contributed by atoms with van der Waals surface area (Å²) in [5, 5.41) is 2.22. The van der Waals surface area contributed by atoms with E-state index in [1.807, 2.05) is 24.4 Å². The number of para-hydroxylation sites is 3. The van der Waals surface area contributed by atoms with Gasteiger partial charge in [0.25, 0.3) is 6.33 Å². The number of fused-ring (bicyclic) bond motifs is 11. The molecule has 8 aromatic carbocycles. The predicted molar refractivity (Wildman–Crippen MR) is 289 cm³/mol. The summed E-state index contributed by atoms with van der Waals surface area (Å²) in [4.78, 5) is 4.89. The maximum atomic E-state index is 6.78. The smallest absolute Gasteiger partial charge is 0.268 e. The number of hydrogen-bond acceptors (Lipinski definition) is 2. The van der Waals surface area contributed by atoms with Crippen LogP contribution in [0.1, 0.15) is 78.0 Å². The van der Waals surface area contributed by atoms with Crippen LogP contribution in [0.15, 0.2) is 176 Å². The van der Waals surface area contributed by atoms with Gasteiger partial charge in [0, 0.05) is 44.3 Å². The van der Waals surface area contributed by atoms with E-state index in [0.717, 1.165) is 85.1 Å². The normalized spacial score (nSPS) is 14.3. The summed E-state index contributed by atoms with van der Waals surface area (Å²) in [5.41, 5.74) is 19.5. The maximum absolute atomic E-state index is 6.78. The Hall–Kier alpha value is -7.33. The van der Waals surface area contributed by atoms with Crippen LogP contribution in [0.4, 0.5) is 0 Å². The van der Waals surface area contributed by atoms with E-state index in [2.05, 4.69) is 232 Å². The van der Waals surface area contributed by atoms with Crippen molar-refractivity contribution < 1.29 is 30.4 Å². The van der Waals surface area contributed by atoms with Gasteiger partial charge < -0.3 is 13.9 Å². The molecule has 4 heterocycles. The minimum atomic E-state index is -0.0360. The van der Waals surface area contributed by atoms with E-state index in [4.69, 9.17) is 9.72 Å². The Kier molecular flexibility index (Phi) is 10.7. The molecule has 0 saturated carbocycles. The van der Waals surface area contributed by atoms with Crippen molar-refractivity contribution in [2.45, 2.75) is 77.6 Å². The van der Waals surface area contributed by atoms with E-state index in [-0.39, 0.29) is 37.3 Å². The number of pyridine rings is 1. The van der Waals surface area contributed by atoms with Gasteiger partial charge >= 0.3 is 0 Å². The van der Waals surface area contributed by atoms with Crippen molar-refractivity contribution >= 4 is 32.8 Å². The van der Waals surface area contributed by atoms with Gasteiger partial charge in [-0.25, -0.2) is 4.98 Å². The summed E-state index contributed by atoms with van der Waals surface area (Å²) in [6.45, 7) is 16.4. The zero-order chi connectivity index (χ0) is 48.4. The fourth-order valence-electron chi connectivity index (χ4n) is 11.5. The van der Waals surface area contributed by atoms with Crippen LogP contribution < -0.4 is 9.30 Å². The molecule has 13 rings (SSSR count). The van der Waals surface area contributed by atoms with Crippen LogP contribution in [0, 0.1) is 18.5 Å². The van der Waals surface area contributed by atoms with Gasteiger partial charge in [0.2, 0.25) is 0 Å². The summed E-state index contributed by atoms with van der Waals surface area (Å²) >= 11 is 0. The fourth-order valence-corrected chi connectivity index (χ4v) is 11.5. The van der Waals surface area contributed by atoms with Crippen molar-refractivity contribution in [1.29, 1.82) is 0 Å². The van der Waals surface area contributed by atoms with Crippen molar-refractivity contribution in [2.75, 3.05) is 0 Å². The molecular formula is C66H54N4OPt-2. The largest absolute Gasteiger partial charge is 0.510 e. The summed E-state index contributed by atoms with van der Waals surface area (Å²) in [7, 11) is 0. The molecule has 0 atom stereocenters. The van der Waals surface area contributed by atoms with Crippen LogP contribution in [0.2, 0.25) is 0 Å². The zero-order valence-corrected chi connectivity index (χ0v) is 43.9. The third-order valence-corrected chi connectivity index (χ3v) is 15.4. The monoisotopic (exact) mass is 1110 g/mol. The van der Waals surface area contributed by atoms with Crippen molar-refractivity contribution in [2.24, 2.45) is 0 Å². The van der Waals surface area contributed by atoms with E-state index in [0.29, 0.717) is 11.5 Å². The number of nitrogens with zero attached hydrogens (tertiary/aromatic N) is 4. The van der Waals surface area contributed by atoms with Gasteiger partial charge in [-0.2, -0.15) is 18.2 Å². The molecule has 0 unspecified atom stereocenters. The Bertz CT molecular complexity index is 3960. The van der Waals surface area contributed by atoms with E-state index < -0.39 is 0 Å². The number of imidazole rings is 1. The second kappa shape index (κ2) is 16.9. The molecule has 0 saturated heterocycles. The van der Waals surface area contributed by atoms with Crippen LogP contribution in [-0.4, -0.2) is 14.1 Å². The number of benzene rings is 8. The van der Waals surface area contributed by atoms with Crippen LogP contribution in [0.5, 0.6) is 11.5 Å². The van der Waals surface area contributed by atoms with Gasteiger partial charge in [-0.15, -0.1) is 29.7 Å². The van der Waals surface area contributed by atoms with E-state index >= 15 is 0 Å². The van der Waals surface area contributed by atoms with Crippen molar-refractivity contribution in [3.05, 3.63) is 211 Å². The molecule has 2 aliphatic rings. The standard InChI is InChI=1S/C66H54N4O.Pt/c1-64(2,3)43-32-35-67-61(36-43)70-58-28-14-13-24-50(58)51-31-30-46(38-60(51)70)71-45-21-15-20-44(37-45)68-41-69-62-47(42-18-9-8-10-19-42)25-16-26-52(62)48-22-11-12-23-49(48)54-39-56-57(66(6,7)34-33-65(56,4)5)40-55(54)53-27-17-29-59(68)63(53)69;/h8-32,35-36,39-40H,33-34H2,1-7H3;/q-2;. The summed E-state index contributed by atoms with van der Waals surface area (Å²) < 4.78 is 13.5. The fraction of sp³-hybridized carbons (Fsp3) is 0.182. The first-order valence-electron chi connectivity index (χ1n) is 24.9. The van der Waals surface area contributed by atoms with E-state index in [9.17, 15) is 0 Å². The average molecular weight is 1110 g/mol. The minimum absolute atomic E-state index is 0. The minimum Gasteiger partial charge on any atom is -0.510 e. The van der Waals surface area contributed by atoms with Crippen LogP contribution in [0.3, 0.4) is 0 Å². The molecule has 1 aliphatic carbocycles. The summed E-state index contributed by atoms with van der Waals surface area (Å²) in [6, 6.07) is 68.7. The molecule has 72 heavy (non-hydrogen) atoms. The molecule has 11 aromatic rings. The van der Waals surface area contributed by atoms with Crippen LogP contribution in [-0.2, 0) is 37.3 Å². The zero-order valence-electron chi connectivity index (χ0n) is 41.7. The van der Waals surface area contributed by atoms with Gasteiger partial charge in [-0.1, -0.05) is 169 Å². The molecule has 1 aliphatic heterocycles. The van der Waals surface area contributed by atoms with Crippen LogP contribution >= 0.6 is 0 Å². The number of rotatable bonds is 5. The summed E-state index contributed by atoms with van der Waals surface area (Å²) in [6.07, 6.45) is 8.15. The number of aromatic nitrogens is 4. The molecule has 0 fully saturated rings. The second-order valence-electron chi connectivity index (χ2n) is 21.9. The van der Waals surface area contributed by atoms with Gasteiger partial charge in [0.05, 0.1) is 16.7 Å². The molecule has 0 amide bonds. The van der Waals surface area contributed by atoms with Crippen LogP contribution in [0.25, 0.3) is 94.5 Å². The third kappa shape index (κ3) is 7.30. The van der Waals surface area contributed by atoms with E-state index in [1.54, 1.807) is 0 Å². The molecule has 0 bridgehead atoms. The number of ether oxygens (including phenoxy) is 1. The second-order valence-corrected chi connectivity index (χ2v) is 21.9. The molecule has 0 radical (unpaired) electrons. The Morgan fingerprint density at radius 1 is 0.556 bits per heavy atom. The molecule has 356 valence electrons. The van der Waals surface area contributed by atoms with Crippen molar-refractivity contribution in [3.63, 3.8) is 0 Å². The quantitative estimate of drug-likeness (QED) is 0.127. The topological polar surface area (TPSA) is 35.9 Å². The maximum Gasteiger partial charge on any atom is 0.268 e. The first-order chi connectivity index (χ1) is 34.3. The number of hydrogen-bond donors (Lipinski definition) is 0. The first-order valence-corrected chi connectivity index (χ1v) is 24.9. The van der Waals surface area contributed by atoms with Gasteiger partial charge in [-0.05, 0) is 126 Å². The van der Waals surface area contributed by atoms with E-state index in [1.165, 1.54) is 38.9 Å². The van der Waals surface area contributed by atoms with Crippen molar-refractivity contribution in [1.82, 2.24) is 14.1 Å². The molecule has 0 spiro atoms. The molecule has 0 N–H and O–H groups in total. The Labute approximate surface area is 436 Å². The predicted octanol–water partition coefficient (Wildman–Crippen LogP) is 16.2. The Morgan fingerprint density at radius 2 is 1.17 bits per heavy atom. The average Bonchev–Trinajstić information content (AvgIpc) is 3.94.